The Hall–Kier alpha value is 4.60. The number of halogens is 1. The molecule has 0 radical (unpaired) electrons. The van der Waals surface area contributed by atoms with Crippen molar-refractivity contribution in [3.63, 3.8) is 0 Å². The van der Waals surface area contributed by atoms with Gasteiger partial charge in [0.05, 0.1) is 0 Å². The molecule has 0 aromatic carbocycles. The molecule has 0 heterocycles. The molecule has 4 heavy (non-hydrogen) atoms. The molecule has 0 saturated carbocycles. The smallest absolute Gasteiger partial charge is 1.00 e. The van der Waals surface area contributed by atoms with Crippen molar-refractivity contribution in [1.29, 1.82) is 0 Å². The van der Waals surface area contributed by atoms with Gasteiger partial charge in [-0.3, -0.25) is 0 Å². The average Bonchev–Trinajstić information content (AvgIpc) is 0. The van der Waals surface area contributed by atoms with Gasteiger partial charge in [0.25, 0.3) is 0 Å². The summed E-state index contributed by atoms with van der Waals surface area (Å²) >= 11 is 0. The van der Waals surface area contributed by atoms with Crippen molar-refractivity contribution < 1.29 is 8.56 Å². The molecular weight excluding hydrogens is 300 g/mol. The first-order valence-corrected chi connectivity index (χ1v) is 0. The van der Waals surface area contributed by atoms with E-state index < -0.39 is 0 Å². The molecule has 0 N–H and O–H groups in total. The summed E-state index contributed by atoms with van der Waals surface area (Å²) in [5, 5.41) is 0. The van der Waals surface area contributed by atoms with Gasteiger partial charge in [0.2, 0.25) is 0 Å². The molecule has 0 atom stereocenters. The van der Waals surface area contributed by atoms with Crippen LogP contribution in [0.4, 0.5) is 0 Å². The predicted octanol–water partition coefficient (Wildman–Crippen LogP) is -0.0456. The molecule has 0 saturated heterocycles. The van der Waals surface area contributed by atoms with Crippen LogP contribution in [0.5, 0.6) is 0 Å². The van der Waals surface area contributed by atoms with Gasteiger partial charge in [-0.2, -0.15) is 0 Å². The number of hydrogen-bond acceptors (Lipinski definition) is 0. The number of rotatable bonds is 0. The summed E-state index contributed by atoms with van der Waals surface area (Å²) in [5.74, 6) is 0. The fraction of sp³-hybridized carbons (Fsp3) is 0. The summed E-state index contributed by atoms with van der Waals surface area (Å²) in [6.07, 6.45) is 0. The molecule has 0 aliphatic heterocycles. The number of hydrogen-bond donors (Lipinski definition) is 0. The van der Waals surface area contributed by atoms with Crippen LogP contribution in [0, 0.1) is 0 Å². The standard InChI is InChI=1S/Ba.Ca.ClH.Sr.6H/h;;1H;;;;;;;/q2*+2;;+2;6*-1. The van der Waals surface area contributed by atoms with Crippen LogP contribution in [-0.2, 0) is 0 Å². The van der Waals surface area contributed by atoms with Gasteiger partial charge >= 0.3 is 132 Å². The van der Waals surface area contributed by atoms with Crippen molar-refractivity contribution in [1.82, 2.24) is 0 Å². The minimum Gasteiger partial charge on any atom is -1.00 e. The van der Waals surface area contributed by atoms with Crippen LogP contribution in [0.15, 0.2) is 0 Å². The van der Waals surface area contributed by atoms with Gasteiger partial charge in [-0.15, -0.1) is 12.4 Å². The van der Waals surface area contributed by atoms with Crippen LogP contribution in [0.2, 0.25) is 0 Å². The second kappa shape index (κ2) is 15.6. The Labute approximate surface area is 149 Å². The van der Waals surface area contributed by atoms with Gasteiger partial charge in [-0.05, 0) is 0 Å². The van der Waals surface area contributed by atoms with E-state index in [4.69, 9.17) is 0 Å². The molecule has 0 amide bonds. The van der Waals surface area contributed by atoms with Crippen molar-refractivity contribution in [2.45, 2.75) is 0 Å². The van der Waals surface area contributed by atoms with E-state index in [1.165, 1.54) is 0 Å². The molecule has 0 aromatic heterocycles. The van der Waals surface area contributed by atoms with E-state index in [0.717, 1.165) is 0 Å². The van der Waals surface area contributed by atoms with E-state index in [1.807, 2.05) is 0 Å². The molecule has 0 aliphatic carbocycles. The van der Waals surface area contributed by atoms with E-state index >= 15 is 0 Å². The first kappa shape index (κ1) is 23.5. The Morgan fingerprint density at radius 1 is 1.25 bits per heavy atom. The normalized spacial score (nSPS) is 0. The molecule has 0 rings (SSSR count). The molecule has 20 valence electrons. The van der Waals surface area contributed by atoms with Gasteiger partial charge in [-0.1, -0.05) is 0 Å². The molecule has 0 nitrogen and oxygen atoms in total. The van der Waals surface area contributed by atoms with Gasteiger partial charge in [0.1, 0.15) is 0 Å². The fourth-order valence-electron chi connectivity index (χ4n) is 0. The summed E-state index contributed by atoms with van der Waals surface area (Å²) in [7, 11) is 0. The maximum Gasteiger partial charge on any atom is 2.00 e. The Kier molecular flexibility index (Phi) is 91.8. The fourth-order valence-corrected chi connectivity index (χ4v) is 0. The Bertz CT molecular complexity index is 17.7. The van der Waals surface area contributed by atoms with Gasteiger partial charge in [-0.25, -0.2) is 0 Å². The Morgan fingerprint density at radius 3 is 1.25 bits per heavy atom. The zero-order chi connectivity index (χ0) is 0. The monoisotopic (exact) mass is 308 g/mol. The third kappa shape index (κ3) is 9.78. The van der Waals surface area contributed by atoms with Crippen molar-refractivity contribution >= 4 is 145 Å². The van der Waals surface area contributed by atoms with Crippen LogP contribution >= 0.6 is 12.4 Å². The molecule has 4 heteroatoms. The van der Waals surface area contributed by atoms with Crippen molar-refractivity contribution in [2.75, 3.05) is 0 Å². The van der Waals surface area contributed by atoms with Crippen molar-refractivity contribution in [2.24, 2.45) is 0 Å². The third-order valence-electron chi connectivity index (χ3n) is 0. The zero-order valence-corrected chi connectivity index (χ0v) is 13.5. The second-order valence-electron chi connectivity index (χ2n) is 0. The van der Waals surface area contributed by atoms with Gasteiger partial charge in [0.15, 0.2) is 0 Å². The third-order valence-corrected chi connectivity index (χ3v) is 0. The minimum atomic E-state index is 0. The van der Waals surface area contributed by atoms with Crippen LogP contribution in [0.3, 0.4) is 0 Å². The van der Waals surface area contributed by atoms with Gasteiger partial charge in [0, 0.05) is 0 Å². The first-order chi connectivity index (χ1) is 0. The van der Waals surface area contributed by atoms with E-state index in [2.05, 4.69) is 0 Å². The molecule has 0 aliphatic rings. The zero-order valence-electron chi connectivity index (χ0n) is 8.53. The SMILES string of the molecule is Cl.[Ba+2].[Ca+2].[H-].[H-].[H-].[H-].[H-].[H-].[Sr+2]. The topological polar surface area (TPSA) is 0 Å². The Balaban J connectivity index is 0. The quantitative estimate of drug-likeness (QED) is 0.551. The van der Waals surface area contributed by atoms with Crippen LogP contribution in [-0.4, -0.2) is 132 Å². The van der Waals surface area contributed by atoms with E-state index in [-0.39, 0.29) is 153 Å². The average molecular weight is 308 g/mol. The van der Waals surface area contributed by atoms with Crippen molar-refractivity contribution in [3.05, 3.63) is 0 Å². The van der Waals surface area contributed by atoms with Gasteiger partial charge < -0.3 is 8.56 Å². The largest absolute Gasteiger partial charge is 2.00 e. The minimum absolute atomic E-state index is 0. The first-order valence-electron chi connectivity index (χ1n) is 0. The molecule has 0 spiro atoms. The summed E-state index contributed by atoms with van der Waals surface area (Å²) in [4.78, 5) is 0. The van der Waals surface area contributed by atoms with E-state index in [1.54, 1.807) is 0 Å². The summed E-state index contributed by atoms with van der Waals surface area (Å²) < 4.78 is 0. The van der Waals surface area contributed by atoms with Crippen LogP contribution in [0.25, 0.3) is 0 Å². The maximum absolute atomic E-state index is 0. The summed E-state index contributed by atoms with van der Waals surface area (Å²) in [6, 6.07) is 0. The molecular formula is H7BaCaClSr. The van der Waals surface area contributed by atoms with Crippen LogP contribution in [0.1, 0.15) is 8.56 Å². The van der Waals surface area contributed by atoms with Crippen LogP contribution < -0.4 is 0 Å². The van der Waals surface area contributed by atoms with E-state index in [9.17, 15) is 0 Å². The van der Waals surface area contributed by atoms with E-state index in [0.29, 0.717) is 0 Å². The predicted molar refractivity (Wildman–Crippen MR) is 31.2 cm³/mol. The second-order valence-corrected chi connectivity index (χ2v) is 0. The molecule has 0 fully saturated rings. The summed E-state index contributed by atoms with van der Waals surface area (Å²) in [5.41, 5.74) is 0. The summed E-state index contributed by atoms with van der Waals surface area (Å²) in [6.45, 7) is 0. The Morgan fingerprint density at radius 2 is 1.25 bits per heavy atom. The maximum atomic E-state index is 0. The molecule has 0 bridgehead atoms. The molecule has 0 unspecified atom stereocenters. The van der Waals surface area contributed by atoms with Crippen molar-refractivity contribution in [3.8, 4) is 0 Å². The molecule has 0 aromatic rings.